The molecular formula is C10H18O2S. The van der Waals surface area contributed by atoms with Gasteiger partial charge in [-0.3, -0.25) is 4.79 Å². The number of carbonyl (C=O) groups is 1. The number of aliphatic hydroxyl groups is 1. The third-order valence-electron chi connectivity index (χ3n) is 2.05. The number of rotatable bonds is 4. The zero-order valence-corrected chi connectivity index (χ0v) is 9.52. The molecule has 0 fully saturated rings. The van der Waals surface area contributed by atoms with Gasteiger partial charge in [0.1, 0.15) is 0 Å². The predicted molar refractivity (Wildman–Crippen MR) is 57.7 cm³/mol. The van der Waals surface area contributed by atoms with E-state index in [-0.39, 0.29) is 17.1 Å². The standard InChI is InChI=1S/C10H18O2S/c1-5-9(11)7(2)6-8(3)10(12)13-4/h6-7,9,11H,5H2,1-4H3/t7-,9+/m0/s1. The van der Waals surface area contributed by atoms with Crippen LogP contribution in [0.25, 0.3) is 0 Å². The lowest BCUT2D eigenvalue weighted by atomic mass is 10.0. The van der Waals surface area contributed by atoms with Crippen LogP contribution in [0, 0.1) is 5.92 Å². The van der Waals surface area contributed by atoms with Gasteiger partial charge in [-0.05, 0) is 25.2 Å². The Labute approximate surface area is 84.4 Å². The van der Waals surface area contributed by atoms with Crippen molar-refractivity contribution < 1.29 is 9.90 Å². The van der Waals surface area contributed by atoms with Crippen LogP contribution in [-0.2, 0) is 4.79 Å². The molecule has 0 saturated heterocycles. The van der Waals surface area contributed by atoms with Gasteiger partial charge in [0.25, 0.3) is 0 Å². The molecule has 0 aliphatic carbocycles. The average molecular weight is 202 g/mol. The molecule has 2 nitrogen and oxygen atoms in total. The van der Waals surface area contributed by atoms with Crippen LogP contribution in [0.1, 0.15) is 27.2 Å². The molecule has 0 aromatic rings. The Bertz CT molecular complexity index is 199. The summed E-state index contributed by atoms with van der Waals surface area (Å²) in [7, 11) is 0. The summed E-state index contributed by atoms with van der Waals surface area (Å²) in [6.45, 7) is 5.64. The third-order valence-corrected chi connectivity index (χ3v) is 2.74. The van der Waals surface area contributed by atoms with Gasteiger partial charge in [-0.2, -0.15) is 0 Å². The van der Waals surface area contributed by atoms with Crippen LogP contribution in [0.5, 0.6) is 0 Å². The maximum absolute atomic E-state index is 11.2. The van der Waals surface area contributed by atoms with E-state index in [9.17, 15) is 9.90 Å². The molecule has 0 unspecified atom stereocenters. The second-order valence-electron chi connectivity index (χ2n) is 3.18. The van der Waals surface area contributed by atoms with Gasteiger partial charge in [-0.15, -0.1) is 0 Å². The fourth-order valence-electron chi connectivity index (χ4n) is 1.11. The quantitative estimate of drug-likeness (QED) is 0.710. The van der Waals surface area contributed by atoms with Crippen molar-refractivity contribution in [3.63, 3.8) is 0 Å². The Hall–Kier alpha value is -0.280. The average Bonchev–Trinajstić information content (AvgIpc) is 2.14. The van der Waals surface area contributed by atoms with Gasteiger partial charge in [0.15, 0.2) is 0 Å². The number of hydrogen-bond acceptors (Lipinski definition) is 3. The largest absolute Gasteiger partial charge is 0.393 e. The zero-order valence-electron chi connectivity index (χ0n) is 8.70. The van der Waals surface area contributed by atoms with E-state index in [4.69, 9.17) is 0 Å². The lowest BCUT2D eigenvalue weighted by Gasteiger charge is -2.13. The number of aliphatic hydroxyl groups excluding tert-OH is 1. The van der Waals surface area contributed by atoms with Crippen molar-refractivity contribution in [2.45, 2.75) is 33.3 Å². The molecular weight excluding hydrogens is 184 g/mol. The maximum Gasteiger partial charge on any atom is 0.214 e. The number of carbonyl (C=O) groups excluding carboxylic acids is 1. The summed E-state index contributed by atoms with van der Waals surface area (Å²) in [5.74, 6) is 0.0566. The predicted octanol–water partition coefficient (Wildman–Crippen LogP) is 2.23. The van der Waals surface area contributed by atoms with E-state index in [0.717, 1.165) is 12.0 Å². The van der Waals surface area contributed by atoms with E-state index >= 15 is 0 Å². The second-order valence-corrected chi connectivity index (χ2v) is 3.96. The summed E-state index contributed by atoms with van der Waals surface area (Å²) in [5, 5.41) is 9.55. The Morgan fingerprint density at radius 1 is 1.62 bits per heavy atom. The first-order valence-electron chi connectivity index (χ1n) is 4.47. The van der Waals surface area contributed by atoms with Gasteiger partial charge in [0, 0.05) is 5.92 Å². The number of hydrogen-bond donors (Lipinski definition) is 1. The Kier molecular flexibility index (Phi) is 6.08. The summed E-state index contributed by atoms with van der Waals surface area (Å²) in [4.78, 5) is 11.2. The minimum absolute atomic E-state index is 0.0566. The van der Waals surface area contributed by atoms with Gasteiger partial charge >= 0.3 is 0 Å². The molecule has 0 aromatic carbocycles. The summed E-state index contributed by atoms with van der Waals surface area (Å²) in [6.07, 6.45) is 3.98. The Morgan fingerprint density at radius 3 is 2.54 bits per heavy atom. The van der Waals surface area contributed by atoms with Crippen LogP contribution in [0.4, 0.5) is 0 Å². The molecule has 0 aromatic heterocycles. The molecule has 13 heavy (non-hydrogen) atoms. The first-order valence-corrected chi connectivity index (χ1v) is 5.70. The molecule has 0 spiro atoms. The first kappa shape index (κ1) is 12.7. The third kappa shape index (κ3) is 4.48. The molecule has 0 aliphatic rings. The van der Waals surface area contributed by atoms with E-state index in [1.165, 1.54) is 11.8 Å². The molecule has 0 aliphatic heterocycles. The summed E-state index contributed by atoms with van der Waals surface area (Å²) >= 11 is 1.21. The van der Waals surface area contributed by atoms with Crippen molar-refractivity contribution in [2.24, 2.45) is 5.92 Å². The smallest absolute Gasteiger partial charge is 0.214 e. The molecule has 2 atom stereocenters. The van der Waals surface area contributed by atoms with Gasteiger partial charge in [-0.25, -0.2) is 0 Å². The summed E-state index contributed by atoms with van der Waals surface area (Å²) in [6, 6.07) is 0. The molecule has 0 amide bonds. The molecule has 0 saturated carbocycles. The van der Waals surface area contributed by atoms with Crippen molar-refractivity contribution >= 4 is 16.9 Å². The van der Waals surface area contributed by atoms with E-state index in [1.54, 1.807) is 13.2 Å². The summed E-state index contributed by atoms with van der Waals surface area (Å²) < 4.78 is 0. The molecule has 0 radical (unpaired) electrons. The highest BCUT2D eigenvalue weighted by atomic mass is 32.2. The Morgan fingerprint density at radius 2 is 2.15 bits per heavy atom. The molecule has 3 heteroatoms. The molecule has 0 heterocycles. The SMILES string of the molecule is CC[C@@H](O)[C@@H](C)C=C(C)C(=O)SC. The topological polar surface area (TPSA) is 37.3 Å². The van der Waals surface area contributed by atoms with Gasteiger partial charge in [0.2, 0.25) is 5.12 Å². The van der Waals surface area contributed by atoms with Crippen LogP contribution >= 0.6 is 11.8 Å². The van der Waals surface area contributed by atoms with Crippen LogP contribution < -0.4 is 0 Å². The van der Waals surface area contributed by atoms with Crippen molar-refractivity contribution in [3.05, 3.63) is 11.6 Å². The normalized spacial score (nSPS) is 16.8. The molecule has 1 N–H and O–H groups in total. The highest BCUT2D eigenvalue weighted by molar-refractivity contribution is 8.13. The van der Waals surface area contributed by atoms with E-state index in [1.807, 2.05) is 19.9 Å². The van der Waals surface area contributed by atoms with Crippen LogP contribution in [0.15, 0.2) is 11.6 Å². The number of thioether (sulfide) groups is 1. The monoisotopic (exact) mass is 202 g/mol. The van der Waals surface area contributed by atoms with E-state index < -0.39 is 0 Å². The van der Waals surface area contributed by atoms with Gasteiger partial charge in [0.05, 0.1) is 6.10 Å². The van der Waals surface area contributed by atoms with Crippen LogP contribution in [0.2, 0.25) is 0 Å². The van der Waals surface area contributed by atoms with Gasteiger partial charge in [-0.1, -0.05) is 31.7 Å². The molecule has 0 rings (SSSR count). The van der Waals surface area contributed by atoms with Crippen molar-refractivity contribution in [1.82, 2.24) is 0 Å². The first-order chi connectivity index (χ1) is 6.02. The van der Waals surface area contributed by atoms with E-state index in [2.05, 4.69) is 0 Å². The molecule has 0 bridgehead atoms. The van der Waals surface area contributed by atoms with E-state index in [0.29, 0.717) is 0 Å². The highest BCUT2D eigenvalue weighted by Gasteiger charge is 2.11. The lowest BCUT2D eigenvalue weighted by molar-refractivity contribution is -0.107. The zero-order chi connectivity index (χ0) is 10.4. The van der Waals surface area contributed by atoms with Crippen LogP contribution in [0.3, 0.4) is 0 Å². The van der Waals surface area contributed by atoms with Crippen molar-refractivity contribution in [1.29, 1.82) is 0 Å². The Balaban J connectivity index is 4.29. The van der Waals surface area contributed by atoms with Crippen LogP contribution in [-0.4, -0.2) is 22.6 Å². The fraction of sp³-hybridized carbons (Fsp3) is 0.700. The second kappa shape index (κ2) is 6.22. The van der Waals surface area contributed by atoms with Gasteiger partial charge < -0.3 is 5.11 Å². The van der Waals surface area contributed by atoms with Crippen molar-refractivity contribution in [2.75, 3.05) is 6.26 Å². The van der Waals surface area contributed by atoms with Crippen molar-refractivity contribution in [3.8, 4) is 0 Å². The minimum atomic E-state index is -0.343. The highest BCUT2D eigenvalue weighted by Crippen LogP contribution is 2.14. The molecule has 76 valence electrons. The fourth-order valence-corrected chi connectivity index (χ4v) is 1.50. The lowest BCUT2D eigenvalue weighted by Crippen LogP contribution is -2.15. The summed E-state index contributed by atoms with van der Waals surface area (Å²) in [5.41, 5.74) is 0.729. The maximum atomic E-state index is 11.2. The minimum Gasteiger partial charge on any atom is -0.393 e.